The molecule has 1 saturated heterocycles. The smallest absolute Gasteiger partial charge is 0.220 e. The van der Waals surface area contributed by atoms with Crippen molar-refractivity contribution in [2.75, 3.05) is 44.2 Å². The van der Waals surface area contributed by atoms with E-state index in [0.29, 0.717) is 13.0 Å². The molecule has 2 amide bonds. The van der Waals surface area contributed by atoms with Gasteiger partial charge in [-0.2, -0.15) is 0 Å². The molecule has 1 fully saturated rings. The van der Waals surface area contributed by atoms with E-state index in [1.54, 1.807) is 6.07 Å². The zero-order valence-corrected chi connectivity index (χ0v) is 18.0. The molecule has 7 heteroatoms. The second kappa shape index (κ2) is 11.8. The van der Waals surface area contributed by atoms with Gasteiger partial charge in [0.2, 0.25) is 11.8 Å². The minimum absolute atomic E-state index is 0.0250. The number of carbonyl (C=O) groups is 2. The maximum absolute atomic E-state index is 13.9. The Morgan fingerprint density at radius 1 is 1.14 bits per heavy atom. The van der Waals surface area contributed by atoms with Crippen LogP contribution in [0.4, 0.5) is 10.1 Å². The first-order chi connectivity index (χ1) is 13.9. The lowest BCUT2D eigenvalue weighted by Crippen LogP contribution is -2.46. The van der Waals surface area contributed by atoms with Gasteiger partial charge in [0.15, 0.2) is 0 Å². The second-order valence-electron chi connectivity index (χ2n) is 7.71. The fourth-order valence-electron chi connectivity index (χ4n) is 3.71. The lowest BCUT2D eigenvalue weighted by molar-refractivity contribution is -0.122. The van der Waals surface area contributed by atoms with Gasteiger partial charge in [-0.15, -0.1) is 0 Å². The van der Waals surface area contributed by atoms with Crippen LogP contribution in [0, 0.1) is 5.82 Å². The third-order valence-electron chi connectivity index (χ3n) is 5.45. The summed E-state index contributed by atoms with van der Waals surface area (Å²) in [6, 6.07) is 4.61. The molecule has 1 unspecified atom stereocenters. The van der Waals surface area contributed by atoms with Crippen LogP contribution < -0.4 is 15.5 Å². The average Bonchev–Trinajstić information content (AvgIpc) is 2.70. The number of amides is 2. The number of anilines is 1. The molecule has 0 spiro atoms. The number of nitrogens with one attached hydrogen (secondary N) is 2. The Morgan fingerprint density at radius 3 is 2.52 bits per heavy atom. The summed E-state index contributed by atoms with van der Waals surface area (Å²) in [5, 5.41) is 5.77. The van der Waals surface area contributed by atoms with Crippen molar-refractivity contribution in [2.24, 2.45) is 0 Å². The van der Waals surface area contributed by atoms with Crippen LogP contribution in [0.1, 0.15) is 58.1 Å². The van der Waals surface area contributed by atoms with Crippen LogP contribution in [0.3, 0.4) is 0 Å². The highest BCUT2D eigenvalue weighted by Gasteiger charge is 2.21. The number of nitrogens with zero attached hydrogens (tertiary/aromatic N) is 2. The molecule has 1 aromatic rings. The summed E-state index contributed by atoms with van der Waals surface area (Å²) in [5.41, 5.74) is 1.83. The molecule has 1 aliphatic heterocycles. The number of rotatable bonds is 10. The van der Waals surface area contributed by atoms with Crippen molar-refractivity contribution >= 4 is 17.5 Å². The summed E-state index contributed by atoms with van der Waals surface area (Å²) in [4.78, 5) is 27.8. The Labute approximate surface area is 173 Å². The van der Waals surface area contributed by atoms with E-state index >= 15 is 0 Å². The van der Waals surface area contributed by atoms with E-state index in [4.69, 9.17) is 0 Å². The molecule has 1 atom stereocenters. The molecule has 6 nitrogen and oxygen atoms in total. The van der Waals surface area contributed by atoms with E-state index in [-0.39, 0.29) is 23.7 Å². The van der Waals surface area contributed by atoms with Crippen molar-refractivity contribution in [1.82, 2.24) is 15.5 Å². The van der Waals surface area contributed by atoms with Gasteiger partial charge >= 0.3 is 0 Å². The van der Waals surface area contributed by atoms with E-state index in [2.05, 4.69) is 27.4 Å². The van der Waals surface area contributed by atoms with Gasteiger partial charge in [0.05, 0.1) is 6.04 Å². The summed E-state index contributed by atoms with van der Waals surface area (Å²) in [7, 11) is 0. The number of carbonyl (C=O) groups excluding carboxylic acids is 2. The van der Waals surface area contributed by atoms with Crippen LogP contribution in [0.5, 0.6) is 0 Å². The normalized spacial score (nSPS) is 15.8. The number of benzene rings is 1. The Bertz CT molecular complexity index is 675. The van der Waals surface area contributed by atoms with Crippen LogP contribution in [-0.4, -0.2) is 56.0 Å². The first-order valence-electron chi connectivity index (χ1n) is 10.7. The van der Waals surface area contributed by atoms with Crippen LogP contribution in [0.15, 0.2) is 18.2 Å². The van der Waals surface area contributed by atoms with E-state index in [0.717, 1.165) is 63.2 Å². The monoisotopic (exact) mass is 406 g/mol. The predicted octanol–water partition coefficient (Wildman–Crippen LogP) is 2.84. The molecular weight excluding hydrogens is 371 g/mol. The third-order valence-corrected chi connectivity index (χ3v) is 5.45. The van der Waals surface area contributed by atoms with Crippen LogP contribution >= 0.6 is 0 Å². The molecule has 0 aromatic heterocycles. The van der Waals surface area contributed by atoms with Crippen LogP contribution in [0.25, 0.3) is 0 Å². The van der Waals surface area contributed by atoms with Gasteiger partial charge in [-0.25, -0.2) is 4.39 Å². The zero-order chi connectivity index (χ0) is 21.2. The number of hydrogen-bond donors (Lipinski definition) is 2. The van der Waals surface area contributed by atoms with Crippen molar-refractivity contribution in [3.05, 3.63) is 29.6 Å². The SMILES string of the molecule is CCN1CCN(c2ccc(F)cc2C(C)NC(=O)CCCCCNC(C)=O)CC1. The van der Waals surface area contributed by atoms with Crippen LogP contribution in [0.2, 0.25) is 0 Å². The first kappa shape index (κ1) is 23.1. The Balaban J connectivity index is 1.87. The lowest BCUT2D eigenvalue weighted by Gasteiger charge is -2.37. The summed E-state index contributed by atoms with van der Waals surface area (Å²) >= 11 is 0. The first-order valence-corrected chi connectivity index (χ1v) is 10.7. The molecule has 2 rings (SSSR count). The molecular formula is C22H35FN4O2. The number of halogens is 1. The van der Waals surface area contributed by atoms with Crippen molar-refractivity contribution in [1.29, 1.82) is 0 Å². The zero-order valence-electron chi connectivity index (χ0n) is 18.0. The summed E-state index contributed by atoms with van der Waals surface area (Å²) in [5.74, 6) is -0.336. The van der Waals surface area contributed by atoms with Crippen molar-refractivity contribution < 1.29 is 14.0 Å². The number of unbranched alkanes of at least 4 members (excludes halogenated alkanes) is 2. The topological polar surface area (TPSA) is 64.7 Å². The Morgan fingerprint density at radius 2 is 1.86 bits per heavy atom. The molecule has 2 N–H and O–H groups in total. The van der Waals surface area contributed by atoms with Gasteiger partial charge in [0.1, 0.15) is 5.82 Å². The standard InChI is InChI=1S/C22H35FN4O2/c1-4-26-12-14-27(15-13-26)21-10-9-19(23)16-20(21)17(2)25-22(29)8-6-5-7-11-24-18(3)28/h9-10,16-17H,4-8,11-15H2,1-3H3,(H,24,28)(H,25,29). The van der Waals surface area contributed by atoms with E-state index in [1.165, 1.54) is 13.0 Å². The van der Waals surface area contributed by atoms with Gasteiger partial charge < -0.3 is 20.4 Å². The second-order valence-corrected chi connectivity index (χ2v) is 7.71. The molecule has 1 aromatic carbocycles. The third kappa shape index (κ3) is 7.65. The highest BCUT2D eigenvalue weighted by atomic mass is 19.1. The van der Waals surface area contributed by atoms with Gasteiger partial charge in [-0.05, 0) is 44.5 Å². The molecule has 1 heterocycles. The Kier molecular flexibility index (Phi) is 9.38. The molecule has 0 saturated carbocycles. The molecule has 0 aliphatic carbocycles. The minimum Gasteiger partial charge on any atom is -0.369 e. The van der Waals surface area contributed by atoms with Gasteiger partial charge in [-0.3, -0.25) is 9.59 Å². The minimum atomic E-state index is -0.282. The summed E-state index contributed by atoms with van der Waals surface area (Å²) < 4.78 is 13.9. The predicted molar refractivity (Wildman–Crippen MR) is 114 cm³/mol. The van der Waals surface area contributed by atoms with Gasteiger partial charge in [0.25, 0.3) is 0 Å². The van der Waals surface area contributed by atoms with E-state index in [9.17, 15) is 14.0 Å². The highest BCUT2D eigenvalue weighted by molar-refractivity contribution is 5.76. The average molecular weight is 407 g/mol. The number of hydrogen-bond acceptors (Lipinski definition) is 4. The van der Waals surface area contributed by atoms with Crippen molar-refractivity contribution in [3.8, 4) is 0 Å². The van der Waals surface area contributed by atoms with Crippen molar-refractivity contribution in [3.63, 3.8) is 0 Å². The number of piperazine rings is 1. The lowest BCUT2D eigenvalue weighted by atomic mass is 10.0. The largest absolute Gasteiger partial charge is 0.369 e. The van der Waals surface area contributed by atoms with E-state index in [1.807, 2.05) is 13.0 Å². The Hall–Kier alpha value is -2.15. The summed E-state index contributed by atoms with van der Waals surface area (Å²) in [6.45, 7) is 11.1. The quantitative estimate of drug-likeness (QED) is 0.587. The highest BCUT2D eigenvalue weighted by Crippen LogP contribution is 2.28. The molecule has 29 heavy (non-hydrogen) atoms. The summed E-state index contributed by atoms with van der Waals surface area (Å²) in [6.07, 6.45) is 2.95. The van der Waals surface area contributed by atoms with Gasteiger partial charge in [-0.1, -0.05) is 13.3 Å². The fourth-order valence-corrected chi connectivity index (χ4v) is 3.71. The van der Waals surface area contributed by atoms with Crippen molar-refractivity contribution in [2.45, 2.75) is 52.5 Å². The number of likely N-dealkylation sites (N-methyl/N-ethyl adjacent to an activating group) is 1. The van der Waals surface area contributed by atoms with Crippen LogP contribution in [-0.2, 0) is 9.59 Å². The molecule has 162 valence electrons. The molecule has 0 radical (unpaired) electrons. The maximum Gasteiger partial charge on any atom is 0.220 e. The van der Waals surface area contributed by atoms with E-state index < -0.39 is 0 Å². The molecule has 1 aliphatic rings. The maximum atomic E-state index is 13.9. The fraction of sp³-hybridized carbons (Fsp3) is 0.636. The molecule has 0 bridgehead atoms. The van der Waals surface area contributed by atoms with Gasteiger partial charge in [0, 0.05) is 57.3 Å².